The van der Waals surface area contributed by atoms with Gasteiger partial charge in [-0.05, 0) is 39.0 Å². The van der Waals surface area contributed by atoms with Gasteiger partial charge in [0.05, 0.1) is 0 Å². The van der Waals surface area contributed by atoms with E-state index < -0.39 is 35.0 Å². The lowest BCUT2D eigenvalue weighted by atomic mass is 9.85. The molecule has 0 bridgehead atoms. The molecular weight excluding hydrogens is 298 g/mol. The van der Waals surface area contributed by atoms with Gasteiger partial charge in [-0.15, -0.1) is 0 Å². The van der Waals surface area contributed by atoms with Gasteiger partial charge < -0.3 is 20.6 Å². The van der Waals surface area contributed by atoms with Crippen molar-refractivity contribution in [2.75, 3.05) is 6.54 Å². The van der Waals surface area contributed by atoms with E-state index in [1.807, 2.05) is 41.5 Å². The number of carboxylic acids is 1. The predicted molar refractivity (Wildman–Crippen MR) is 87.0 cm³/mol. The largest absolute Gasteiger partial charge is 0.480 e. The average molecular weight is 327 g/mol. The number of hydrogen-bond donors (Lipinski definition) is 3. The van der Waals surface area contributed by atoms with Crippen LogP contribution in [0.5, 0.6) is 0 Å². The zero-order valence-corrected chi connectivity index (χ0v) is 14.9. The zero-order valence-electron chi connectivity index (χ0n) is 14.9. The minimum absolute atomic E-state index is 0.341. The lowest BCUT2D eigenvalue weighted by Crippen LogP contribution is -2.59. The third-order valence-electron chi connectivity index (χ3n) is 3.70. The third-order valence-corrected chi connectivity index (χ3v) is 3.70. The van der Waals surface area contributed by atoms with Gasteiger partial charge in [-0.1, -0.05) is 20.8 Å². The van der Waals surface area contributed by atoms with Crippen LogP contribution >= 0.6 is 0 Å². The molecule has 1 saturated heterocycles. The van der Waals surface area contributed by atoms with Crippen LogP contribution in [0.15, 0.2) is 0 Å². The molecule has 23 heavy (non-hydrogen) atoms. The van der Waals surface area contributed by atoms with Gasteiger partial charge in [0.1, 0.15) is 12.1 Å². The molecule has 0 saturated carbocycles. The molecule has 1 rings (SSSR count). The molecule has 3 amide bonds. The Kier molecular flexibility index (Phi) is 5.66. The molecule has 0 aromatic carbocycles. The maximum Gasteiger partial charge on any atom is 0.326 e. The van der Waals surface area contributed by atoms with Crippen molar-refractivity contribution < 1.29 is 19.5 Å². The number of rotatable bonds is 3. The molecule has 132 valence electrons. The number of urea groups is 1. The number of nitrogens with zero attached hydrogens (tertiary/aromatic N) is 1. The summed E-state index contributed by atoms with van der Waals surface area (Å²) in [6, 6.07) is -2.03. The Labute approximate surface area is 137 Å². The van der Waals surface area contributed by atoms with Crippen molar-refractivity contribution in [2.24, 2.45) is 5.41 Å². The van der Waals surface area contributed by atoms with E-state index in [1.165, 1.54) is 4.90 Å². The van der Waals surface area contributed by atoms with Gasteiger partial charge in [-0.25, -0.2) is 9.59 Å². The highest BCUT2D eigenvalue weighted by molar-refractivity contribution is 5.91. The number of carbonyl (C=O) groups is 3. The van der Waals surface area contributed by atoms with E-state index in [4.69, 9.17) is 0 Å². The first-order valence-electron chi connectivity index (χ1n) is 7.95. The van der Waals surface area contributed by atoms with Crippen LogP contribution in [0.25, 0.3) is 0 Å². The number of carbonyl (C=O) groups excluding carboxylic acids is 2. The zero-order chi connectivity index (χ0) is 18.0. The van der Waals surface area contributed by atoms with Crippen molar-refractivity contribution in [3.63, 3.8) is 0 Å². The number of amides is 3. The maximum absolute atomic E-state index is 12.8. The Hall–Kier alpha value is -1.79. The summed E-state index contributed by atoms with van der Waals surface area (Å²) >= 11 is 0. The van der Waals surface area contributed by atoms with Crippen LogP contribution in [0.4, 0.5) is 4.79 Å². The van der Waals surface area contributed by atoms with Crippen LogP contribution in [0.3, 0.4) is 0 Å². The van der Waals surface area contributed by atoms with Crippen LogP contribution in [0.2, 0.25) is 0 Å². The molecule has 0 aliphatic carbocycles. The second-order valence-electron chi connectivity index (χ2n) is 8.18. The minimum atomic E-state index is -0.998. The molecule has 1 heterocycles. The first kappa shape index (κ1) is 19.3. The number of aliphatic carboxylic acids is 1. The summed E-state index contributed by atoms with van der Waals surface area (Å²) < 4.78 is 0. The van der Waals surface area contributed by atoms with Gasteiger partial charge >= 0.3 is 12.0 Å². The molecule has 1 aliphatic heterocycles. The molecule has 0 radical (unpaired) electrons. The van der Waals surface area contributed by atoms with E-state index in [0.717, 1.165) is 0 Å². The summed E-state index contributed by atoms with van der Waals surface area (Å²) in [5, 5.41) is 14.7. The molecular formula is C16H29N3O4. The van der Waals surface area contributed by atoms with Crippen molar-refractivity contribution in [3.05, 3.63) is 0 Å². The van der Waals surface area contributed by atoms with Crippen LogP contribution in [0, 0.1) is 5.41 Å². The quantitative estimate of drug-likeness (QED) is 0.733. The second-order valence-corrected chi connectivity index (χ2v) is 8.18. The minimum Gasteiger partial charge on any atom is -0.480 e. The fourth-order valence-electron chi connectivity index (χ4n) is 2.61. The molecule has 0 aromatic heterocycles. The number of nitrogens with one attached hydrogen (secondary N) is 2. The Morgan fingerprint density at radius 1 is 1.13 bits per heavy atom. The van der Waals surface area contributed by atoms with Crippen molar-refractivity contribution in [1.82, 2.24) is 15.5 Å². The first-order valence-corrected chi connectivity index (χ1v) is 7.95. The van der Waals surface area contributed by atoms with E-state index in [9.17, 15) is 19.5 Å². The van der Waals surface area contributed by atoms with E-state index in [0.29, 0.717) is 19.4 Å². The summed E-state index contributed by atoms with van der Waals surface area (Å²) in [6.07, 6.45) is 1.11. The van der Waals surface area contributed by atoms with Crippen molar-refractivity contribution >= 4 is 17.9 Å². The molecule has 7 heteroatoms. The number of likely N-dealkylation sites (tertiary alicyclic amines) is 1. The van der Waals surface area contributed by atoms with Crippen LogP contribution in [-0.4, -0.2) is 52.1 Å². The molecule has 0 spiro atoms. The summed E-state index contributed by atoms with van der Waals surface area (Å²) in [5.41, 5.74) is -0.954. The van der Waals surface area contributed by atoms with Gasteiger partial charge in [0, 0.05) is 12.1 Å². The van der Waals surface area contributed by atoms with Crippen molar-refractivity contribution in [1.29, 1.82) is 0 Å². The highest BCUT2D eigenvalue weighted by Gasteiger charge is 2.42. The highest BCUT2D eigenvalue weighted by Crippen LogP contribution is 2.25. The molecule has 1 fully saturated rings. The van der Waals surface area contributed by atoms with Crippen molar-refractivity contribution in [2.45, 2.75) is 72.0 Å². The van der Waals surface area contributed by atoms with E-state index in [-0.39, 0.29) is 5.91 Å². The van der Waals surface area contributed by atoms with Gasteiger partial charge in [0.15, 0.2) is 0 Å². The van der Waals surface area contributed by atoms with Gasteiger partial charge in [-0.2, -0.15) is 0 Å². The van der Waals surface area contributed by atoms with Gasteiger partial charge in [0.2, 0.25) is 5.91 Å². The standard InChI is InChI=1S/C16H29N3O4/c1-15(2,3)11(17-14(23)18-16(4,5)6)12(20)19-9-7-8-10(19)13(21)22/h10-11H,7-9H2,1-6H3,(H,21,22)(H2,17,18,23). The molecule has 0 aromatic rings. The Bertz CT molecular complexity index is 477. The average Bonchev–Trinajstić information content (AvgIpc) is 2.80. The Balaban J connectivity index is 2.92. The van der Waals surface area contributed by atoms with Crippen LogP contribution in [-0.2, 0) is 9.59 Å². The molecule has 2 unspecified atom stereocenters. The van der Waals surface area contributed by atoms with E-state index >= 15 is 0 Å². The van der Waals surface area contributed by atoms with Crippen LogP contribution in [0.1, 0.15) is 54.4 Å². The number of hydrogen-bond acceptors (Lipinski definition) is 3. The lowest BCUT2D eigenvalue weighted by molar-refractivity contribution is -0.150. The topological polar surface area (TPSA) is 98.7 Å². The number of carboxylic acid groups (broad SMARTS) is 1. The Morgan fingerprint density at radius 2 is 1.70 bits per heavy atom. The Morgan fingerprint density at radius 3 is 2.13 bits per heavy atom. The monoisotopic (exact) mass is 327 g/mol. The molecule has 7 nitrogen and oxygen atoms in total. The summed E-state index contributed by atoms with van der Waals surface area (Å²) in [5.74, 6) is -1.34. The van der Waals surface area contributed by atoms with Gasteiger partial charge in [0.25, 0.3) is 0 Å². The van der Waals surface area contributed by atoms with E-state index in [1.54, 1.807) is 0 Å². The van der Waals surface area contributed by atoms with Crippen LogP contribution < -0.4 is 10.6 Å². The van der Waals surface area contributed by atoms with Gasteiger partial charge in [-0.3, -0.25) is 4.79 Å². The third kappa shape index (κ3) is 5.41. The summed E-state index contributed by atoms with van der Waals surface area (Å²) in [6.45, 7) is 11.5. The molecule has 2 atom stereocenters. The summed E-state index contributed by atoms with van der Waals surface area (Å²) in [4.78, 5) is 37.6. The fraction of sp³-hybridized carbons (Fsp3) is 0.812. The smallest absolute Gasteiger partial charge is 0.326 e. The first-order chi connectivity index (χ1) is 10.3. The lowest BCUT2D eigenvalue weighted by Gasteiger charge is -2.35. The molecule has 1 aliphatic rings. The van der Waals surface area contributed by atoms with Crippen molar-refractivity contribution in [3.8, 4) is 0 Å². The fourth-order valence-corrected chi connectivity index (χ4v) is 2.61. The predicted octanol–water partition coefficient (Wildman–Crippen LogP) is 1.57. The van der Waals surface area contributed by atoms with E-state index in [2.05, 4.69) is 10.6 Å². The normalized spacial score (nSPS) is 20.1. The molecule has 3 N–H and O–H groups in total. The second kappa shape index (κ2) is 6.76. The summed E-state index contributed by atoms with van der Waals surface area (Å²) in [7, 11) is 0. The maximum atomic E-state index is 12.8. The highest BCUT2D eigenvalue weighted by atomic mass is 16.4. The SMILES string of the molecule is CC(C)(C)NC(=O)NC(C(=O)N1CCCC1C(=O)O)C(C)(C)C.